The van der Waals surface area contributed by atoms with Gasteiger partial charge in [0.05, 0.1) is 0 Å². The summed E-state index contributed by atoms with van der Waals surface area (Å²) in [4.78, 5) is 14.0. The fourth-order valence-corrected chi connectivity index (χ4v) is 3.84. The van der Waals surface area contributed by atoms with Crippen LogP contribution in [-0.4, -0.2) is 48.1 Å². The summed E-state index contributed by atoms with van der Waals surface area (Å²) in [7, 11) is 0. The second-order valence-electron chi connectivity index (χ2n) is 7.40. The van der Waals surface area contributed by atoms with Crippen molar-refractivity contribution in [1.29, 1.82) is 0 Å². The Morgan fingerprint density at radius 2 is 2.23 bits per heavy atom. The standard InChI is InChI=1S/C22H26F2N6/c1-2-25-22(27-10-7-15-13-28-20-6-5-16(23)12-18(15)20)29-17-8-11-30(14-17)21-19(24)4-3-9-26-21/h3-6,9,12-13,17,28H,2,7-8,10-11,14H2,1H3,(H2,25,27,29). The Bertz CT molecular complexity index is 1030. The van der Waals surface area contributed by atoms with Crippen molar-refractivity contribution in [3.8, 4) is 0 Å². The highest BCUT2D eigenvalue weighted by Gasteiger charge is 2.25. The zero-order valence-corrected chi connectivity index (χ0v) is 17.0. The summed E-state index contributed by atoms with van der Waals surface area (Å²) in [6.45, 7) is 4.75. The summed E-state index contributed by atoms with van der Waals surface area (Å²) in [5.41, 5.74) is 1.97. The number of guanidine groups is 1. The van der Waals surface area contributed by atoms with E-state index in [1.165, 1.54) is 12.1 Å². The molecule has 1 saturated heterocycles. The molecule has 0 aliphatic carbocycles. The Morgan fingerprint density at radius 1 is 1.33 bits per heavy atom. The van der Waals surface area contributed by atoms with Crippen LogP contribution in [0.1, 0.15) is 18.9 Å². The summed E-state index contributed by atoms with van der Waals surface area (Å²) < 4.78 is 27.6. The molecule has 1 fully saturated rings. The molecule has 0 amide bonds. The first-order valence-corrected chi connectivity index (χ1v) is 10.3. The first-order chi connectivity index (χ1) is 14.6. The Kier molecular flexibility index (Phi) is 6.11. The molecule has 1 aliphatic rings. The normalized spacial score (nSPS) is 17.0. The van der Waals surface area contributed by atoms with Crippen LogP contribution in [0.2, 0.25) is 0 Å². The summed E-state index contributed by atoms with van der Waals surface area (Å²) in [5.74, 6) is 0.595. The minimum absolute atomic E-state index is 0.159. The number of aromatic amines is 1. The third-order valence-electron chi connectivity index (χ3n) is 5.29. The lowest BCUT2D eigenvalue weighted by Gasteiger charge is -2.19. The van der Waals surface area contributed by atoms with Crippen LogP contribution in [0.4, 0.5) is 14.6 Å². The number of nitrogens with zero attached hydrogens (tertiary/aromatic N) is 3. The van der Waals surface area contributed by atoms with Crippen LogP contribution < -0.4 is 15.5 Å². The van der Waals surface area contributed by atoms with Gasteiger partial charge in [-0.2, -0.15) is 0 Å². The number of nitrogens with one attached hydrogen (secondary N) is 3. The van der Waals surface area contributed by atoms with Crippen molar-refractivity contribution in [2.75, 3.05) is 31.1 Å². The number of aliphatic imine (C=N–C) groups is 1. The molecule has 1 unspecified atom stereocenters. The first-order valence-electron chi connectivity index (χ1n) is 10.3. The second kappa shape index (κ2) is 9.11. The average Bonchev–Trinajstić information content (AvgIpc) is 3.35. The van der Waals surface area contributed by atoms with E-state index in [0.29, 0.717) is 25.3 Å². The van der Waals surface area contributed by atoms with E-state index < -0.39 is 0 Å². The molecule has 0 saturated carbocycles. The number of halogens is 2. The zero-order valence-electron chi connectivity index (χ0n) is 17.0. The highest BCUT2D eigenvalue weighted by atomic mass is 19.1. The minimum Gasteiger partial charge on any atom is -0.361 e. The highest BCUT2D eigenvalue weighted by molar-refractivity contribution is 5.83. The fraction of sp³-hybridized carbons (Fsp3) is 0.364. The molecule has 30 heavy (non-hydrogen) atoms. The molecule has 0 spiro atoms. The third-order valence-corrected chi connectivity index (χ3v) is 5.29. The van der Waals surface area contributed by atoms with Crippen LogP contribution in [0, 0.1) is 11.6 Å². The summed E-state index contributed by atoms with van der Waals surface area (Å²) in [6, 6.07) is 7.95. The number of pyridine rings is 1. The molecule has 1 atom stereocenters. The van der Waals surface area contributed by atoms with Crippen molar-refractivity contribution in [3.05, 3.63) is 59.9 Å². The van der Waals surface area contributed by atoms with Gasteiger partial charge in [0, 0.05) is 55.5 Å². The van der Waals surface area contributed by atoms with Crippen LogP contribution in [0.3, 0.4) is 0 Å². The van der Waals surface area contributed by atoms with Gasteiger partial charge in [-0.25, -0.2) is 13.8 Å². The van der Waals surface area contributed by atoms with Gasteiger partial charge in [-0.15, -0.1) is 0 Å². The molecule has 3 N–H and O–H groups in total. The van der Waals surface area contributed by atoms with Gasteiger partial charge in [0.25, 0.3) is 0 Å². The summed E-state index contributed by atoms with van der Waals surface area (Å²) in [5, 5.41) is 7.60. The van der Waals surface area contributed by atoms with E-state index in [-0.39, 0.29) is 17.7 Å². The van der Waals surface area contributed by atoms with E-state index >= 15 is 0 Å². The largest absolute Gasteiger partial charge is 0.361 e. The quantitative estimate of drug-likeness (QED) is 0.430. The predicted molar refractivity (Wildman–Crippen MR) is 116 cm³/mol. The number of rotatable bonds is 6. The van der Waals surface area contributed by atoms with Gasteiger partial charge >= 0.3 is 0 Å². The third kappa shape index (κ3) is 4.53. The summed E-state index contributed by atoms with van der Waals surface area (Å²) in [6.07, 6.45) is 5.11. The Hall–Kier alpha value is -3.16. The van der Waals surface area contributed by atoms with Crippen molar-refractivity contribution < 1.29 is 8.78 Å². The Balaban J connectivity index is 1.37. The number of hydrogen-bond donors (Lipinski definition) is 3. The molecule has 1 aliphatic heterocycles. The van der Waals surface area contributed by atoms with Crippen LogP contribution in [0.15, 0.2) is 47.7 Å². The summed E-state index contributed by atoms with van der Waals surface area (Å²) >= 11 is 0. The van der Waals surface area contributed by atoms with Crippen molar-refractivity contribution >= 4 is 22.7 Å². The Labute approximate surface area is 174 Å². The molecule has 0 radical (unpaired) electrons. The monoisotopic (exact) mass is 412 g/mol. The number of H-pyrrole nitrogens is 1. The van der Waals surface area contributed by atoms with E-state index in [1.54, 1.807) is 24.4 Å². The molecular formula is C22H26F2N6. The smallest absolute Gasteiger partial charge is 0.191 e. The van der Waals surface area contributed by atoms with Crippen LogP contribution in [0.5, 0.6) is 0 Å². The molecule has 158 valence electrons. The number of fused-ring (bicyclic) bond motifs is 1. The SMILES string of the molecule is CCNC(=NCCc1c[nH]c2ccc(F)cc12)NC1CCN(c2ncccc2F)C1. The zero-order chi connectivity index (χ0) is 20.9. The first kappa shape index (κ1) is 20.1. The molecule has 2 aromatic heterocycles. The van der Waals surface area contributed by atoms with Gasteiger partial charge in [-0.05, 0) is 55.7 Å². The maximum absolute atomic E-state index is 14.0. The van der Waals surface area contributed by atoms with Crippen LogP contribution in [0.25, 0.3) is 10.9 Å². The highest BCUT2D eigenvalue weighted by Crippen LogP contribution is 2.21. The topological polar surface area (TPSA) is 68.3 Å². The lowest BCUT2D eigenvalue weighted by Crippen LogP contribution is -2.44. The van der Waals surface area contributed by atoms with E-state index in [4.69, 9.17) is 0 Å². The molecule has 3 aromatic rings. The molecule has 3 heterocycles. The predicted octanol–water partition coefficient (Wildman–Crippen LogP) is 3.22. The van der Waals surface area contributed by atoms with Crippen molar-refractivity contribution in [1.82, 2.24) is 20.6 Å². The molecular weight excluding hydrogens is 386 g/mol. The number of aromatic nitrogens is 2. The van der Waals surface area contributed by atoms with E-state index in [9.17, 15) is 8.78 Å². The number of benzene rings is 1. The van der Waals surface area contributed by atoms with Gasteiger partial charge in [0.2, 0.25) is 0 Å². The van der Waals surface area contributed by atoms with E-state index in [2.05, 4.69) is 25.6 Å². The van der Waals surface area contributed by atoms with Crippen LogP contribution >= 0.6 is 0 Å². The van der Waals surface area contributed by atoms with Crippen molar-refractivity contribution in [2.45, 2.75) is 25.8 Å². The number of hydrogen-bond acceptors (Lipinski definition) is 3. The average molecular weight is 412 g/mol. The van der Waals surface area contributed by atoms with Crippen molar-refractivity contribution in [2.24, 2.45) is 4.99 Å². The lowest BCUT2D eigenvalue weighted by molar-refractivity contribution is 0.612. The van der Waals surface area contributed by atoms with Crippen LogP contribution in [-0.2, 0) is 6.42 Å². The molecule has 4 rings (SSSR count). The van der Waals surface area contributed by atoms with E-state index in [0.717, 1.165) is 41.9 Å². The van der Waals surface area contributed by atoms with Crippen molar-refractivity contribution in [3.63, 3.8) is 0 Å². The molecule has 6 nitrogen and oxygen atoms in total. The lowest BCUT2D eigenvalue weighted by atomic mass is 10.1. The van der Waals surface area contributed by atoms with E-state index in [1.807, 2.05) is 18.0 Å². The molecule has 0 bridgehead atoms. The Morgan fingerprint density at radius 3 is 3.07 bits per heavy atom. The minimum atomic E-state index is -0.297. The van der Waals surface area contributed by atoms with Gasteiger partial charge in [-0.1, -0.05) is 0 Å². The van der Waals surface area contributed by atoms with Gasteiger partial charge in [0.15, 0.2) is 17.6 Å². The number of anilines is 1. The van der Waals surface area contributed by atoms with Gasteiger partial charge < -0.3 is 20.5 Å². The fourth-order valence-electron chi connectivity index (χ4n) is 3.84. The van der Waals surface area contributed by atoms with Gasteiger partial charge in [0.1, 0.15) is 5.82 Å². The van der Waals surface area contributed by atoms with Gasteiger partial charge in [-0.3, -0.25) is 4.99 Å². The second-order valence-corrected chi connectivity index (χ2v) is 7.40. The molecule has 8 heteroatoms. The maximum Gasteiger partial charge on any atom is 0.191 e. The maximum atomic E-state index is 14.0. The molecule has 1 aromatic carbocycles.